The Kier molecular flexibility index (Phi) is 7.19. The van der Waals surface area contributed by atoms with Gasteiger partial charge in [-0.05, 0) is 54.1 Å². The minimum Gasteiger partial charge on any atom is -0.497 e. The van der Waals surface area contributed by atoms with Crippen molar-refractivity contribution in [1.82, 2.24) is 5.32 Å². The van der Waals surface area contributed by atoms with Gasteiger partial charge < -0.3 is 10.1 Å². The van der Waals surface area contributed by atoms with E-state index in [0.717, 1.165) is 23.8 Å². The maximum absolute atomic E-state index is 13.0. The molecule has 0 aromatic heterocycles. The lowest BCUT2D eigenvalue weighted by molar-refractivity contribution is -0.137. The number of carbonyl (C=O) groups is 1. The molecule has 174 valence electrons. The molecule has 3 aromatic carbocycles. The lowest BCUT2D eigenvalue weighted by Gasteiger charge is -2.13. The first kappa shape index (κ1) is 24.4. The van der Waals surface area contributed by atoms with Crippen LogP contribution in [0.25, 0.3) is 0 Å². The summed E-state index contributed by atoms with van der Waals surface area (Å²) in [5, 5.41) is 2.46. The number of methoxy groups -OCH3 is 1. The molecule has 0 atom stereocenters. The van der Waals surface area contributed by atoms with Crippen molar-refractivity contribution < 1.29 is 31.1 Å². The van der Waals surface area contributed by atoms with E-state index >= 15 is 0 Å². The molecule has 0 bridgehead atoms. The summed E-state index contributed by atoms with van der Waals surface area (Å²) in [6, 6.07) is 14.4. The van der Waals surface area contributed by atoms with Gasteiger partial charge in [-0.25, -0.2) is 8.42 Å². The zero-order chi connectivity index (χ0) is 24.2. The van der Waals surface area contributed by atoms with Crippen molar-refractivity contribution in [2.45, 2.75) is 17.6 Å². The van der Waals surface area contributed by atoms with Gasteiger partial charge in [0, 0.05) is 12.1 Å². The Morgan fingerprint density at radius 1 is 1.03 bits per heavy atom. The lowest BCUT2D eigenvalue weighted by atomic mass is 10.2. The van der Waals surface area contributed by atoms with Crippen molar-refractivity contribution in [2.24, 2.45) is 0 Å². The van der Waals surface area contributed by atoms with Gasteiger partial charge in [-0.15, -0.1) is 0 Å². The van der Waals surface area contributed by atoms with E-state index in [-0.39, 0.29) is 22.0 Å². The molecule has 0 radical (unpaired) electrons. The third-order valence-corrected chi connectivity index (χ3v) is 6.25. The third kappa shape index (κ3) is 6.17. The highest BCUT2D eigenvalue weighted by molar-refractivity contribution is 7.92. The van der Waals surface area contributed by atoms with Crippen LogP contribution in [0.5, 0.6) is 5.75 Å². The topological polar surface area (TPSA) is 84.5 Å². The van der Waals surface area contributed by atoms with Crippen LogP contribution >= 0.6 is 11.6 Å². The summed E-state index contributed by atoms with van der Waals surface area (Å²) < 4.78 is 71.5. The summed E-state index contributed by atoms with van der Waals surface area (Å²) >= 11 is 5.87. The van der Waals surface area contributed by atoms with E-state index in [1.54, 1.807) is 24.3 Å². The molecule has 0 saturated carbocycles. The molecule has 0 saturated heterocycles. The Balaban J connectivity index is 1.77. The Hall–Kier alpha value is -3.24. The number of hydrogen-bond donors (Lipinski definition) is 2. The molecule has 33 heavy (non-hydrogen) atoms. The van der Waals surface area contributed by atoms with Crippen LogP contribution in [0.15, 0.2) is 71.6 Å². The normalized spacial score (nSPS) is 11.7. The smallest absolute Gasteiger partial charge is 0.416 e. The highest BCUT2D eigenvalue weighted by atomic mass is 35.5. The molecule has 0 aliphatic heterocycles. The van der Waals surface area contributed by atoms with Gasteiger partial charge in [-0.2, -0.15) is 13.2 Å². The van der Waals surface area contributed by atoms with Crippen LogP contribution in [0.1, 0.15) is 21.5 Å². The molecule has 1 amide bonds. The zero-order valence-corrected chi connectivity index (χ0v) is 18.7. The van der Waals surface area contributed by atoms with Crippen molar-refractivity contribution in [2.75, 3.05) is 11.8 Å². The number of benzene rings is 3. The standard InChI is InChI=1S/C22H18ClF3N2O4S/c1-32-17-8-5-14(6-9-17)13-27-21(29)15-3-2-4-18(11-15)33(30,31)28-20-12-16(22(24,25)26)7-10-19(20)23/h2-12,28H,13H2,1H3,(H,27,29). The van der Waals surface area contributed by atoms with E-state index in [9.17, 15) is 26.4 Å². The molecule has 0 unspecified atom stereocenters. The second-order valence-corrected chi connectivity index (χ2v) is 8.95. The van der Waals surface area contributed by atoms with Gasteiger partial charge in [-0.1, -0.05) is 29.8 Å². The number of hydrogen-bond acceptors (Lipinski definition) is 4. The number of nitrogens with one attached hydrogen (secondary N) is 2. The summed E-state index contributed by atoms with van der Waals surface area (Å²) in [5.74, 6) is 0.135. The molecule has 0 spiro atoms. The summed E-state index contributed by atoms with van der Waals surface area (Å²) in [6.07, 6.45) is -4.67. The van der Waals surface area contributed by atoms with Gasteiger partial charge in [0.25, 0.3) is 15.9 Å². The molecule has 6 nitrogen and oxygen atoms in total. The average molecular weight is 499 g/mol. The Morgan fingerprint density at radius 2 is 1.73 bits per heavy atom. The second-order valence-electron chi connectivity index (χ2n) is 6.86. The minimum atomic E-state index is -4.67. The number of rotatable bonds is 7. The van der Waals surface area contributed by atoms with Crippen LogP contribution in [-0.2, 0) is 22.7 Å². The third-order valence-electron chi connectivity index (χ3n) is 4.56. The maximum atomic E-state index is 13.0. The number of amides is 1. The van der Waals surface area contributed by atoms with Crippen molar-refractivity contribution >= 4 is 33.2 Å². The number of carbonyl (C=O) groups excluding carboxylic acids is 1. The van der Waals surface area contributed by atoms with E-state index in [2.05, 4.69) is 5.32 Å². The summed E-state index contributed by atoms with van der Waals surface area (Å²) in [4.78, 5) is 12.2. The molecule has 3 rings (SSSR count). The Labute approximate surface area is 193 Å². The number of ether oxygens (including phenoxy) is 1. The maximum Gasteiger partial charge on any atom is 0.416 e. The van der Waals surface area contributed by atoms with Crippen LogP contribution in [0.4, 0.5) is 18.9 Å². The van der Waals surface area contributed by atoms with Crippen molar-refractivity contribution in [3.63, 3.8) is 0 Å². The first-order valence-electron chi connectivity index (χ1n) is 9.40. The molecule has 0 aliphatic carbocycles. The quantitative estimate of drug-likeness (QED) is 0.475. The molecule has 0 fully saturated rings. The zero-order valence-electron chi connectivity index (χ0n) is 17.1. The van der Waals surface area contributed by atoms with Crippen LogP contribution in [0.3, 0.4) is 0 Å². The molecular weight excluding hydrogens is 481 g/mol. The largest absolute Gasteiger partial charge is 0.497 e. The summed E-state index contributed by atoms with van der Waals surface area (Å²) in [5.41, 5.74) is -0.632. The van der Waals surface area contributed by atoms with Crippen LogP contribution in [-0.4, -0.2) is 21.4 Å². The van der Waals surface area contributed by atoms with Crippen LogP contribution in [0.2, 0.25) is 5.02 Å². The number of anilines is 1. The second kappa shape index (κ2) is 9.72. The minimum absolute atomic E-state index is 0.0570. The number of alkyl halides is 3. The van der Waals surface area contributed by atoms with E-state index in [4.69, 9.17) is 16.3 Å². The molecule has 2 N–H and O–H groups in total. The Bertz CT molecular complexity index is 1260. The first-order valence-corrected chi connectivity index (χ1v) is 11.3. The van der Waals surface area contributed by atoms with Crippen molar-refractivity contribution in [3.8, 4) is 5.75 Å². The van der Waals surface area contributed by atoms with E-state index in [1.807, 2.05) is 4.72 Å². The molecule has 3 aromatic rings. The van der Waals surface area contributed by atoms with Crippen LogP contribution in [0, 0.1) is 0 Å². The van der Waals surface area contributed by atoms with Gasteiger partial charge in [0.05, 0.1) is 28.3 Å². The molecule has 11 heteroatoms. The fraction of sp³-hybridized carbons (Fsp3) is 0.136. The summed E-state index contributed by atoms with van der Waals surface area (Å²) in [6.45, 7) is 0.192. The van der Waals surface area contributed by atoms with E-state index in [0.29, 0.717) is 11.8 Å². The highest BCUT2D eigenvalue weighted by Gasteiger charge is 2.31. The van der Waals surface area contributed by atoms with Gasteiger partial charge in [0.1, 0.15) is 5.75 Å². The fourth-order valence-corrected chi connectivity index (χ4v) is 4.15. The molecule has 0 heterocycles. The van der Waals surface area contributed by atoms with Crippen molar-refractivity contribution in [1.29, 1.82) is 0 Å². The molecular formula is C22H18ClF3N2O4S. The van der Waals surface area contributed by atoms with Crippen LogP contribution < -0.4 is 14.8 Å². The summed E-state index contributed by atoms with van der Waals surface area (Å²) in [7, 11) is -2.79. The predicted octanol–water partition coefficient (Wildman–Crippen LogP) is 5.10. The predicted molar refractivity (Wildman–Crippen MR) is 118 cm³/mol. The SMILES string of the molecule is COc1ccc(CNC(=O)c2cccc(S(=O)(=O)Nc3cc(C(F)(F)F)ccc3Cl)c2)cc1. The monoisotopic (exact) mass is 498 g/mol. The average Bonchev–Trinajstić information content (AvgIpc) is 2.78. The van der Waals surface area contributed by atoms with Crippen molar-refractivity contribution in [3.05, 3.63) is 88.4 Å². The van der Waals surface area contributed by atoms with Gasteiger partial charge in [0.2, 0.25) is 0 Å². The number of halogens is 4. The highest BCUT2D eigenvalue weighted by Crippen LogP contribution is 2.34. The van der Waals surface area contributed by atoms with Gasteiger partial charge in [0.15, 0.2) is 0 Å². The van der Waals surface area contributed by atoms with Gasteiger partial charge >= 0.3 is 6.18 Å². The molecule has 0 aliphatic rings. The lowest BCUT2D eigenvalue weighted by Crippen LogP contribution is -2.23. The Morgan fingerprint density at radius 3 is 2.36 bits per heavy atom. The van der Waals surface area contributed by atoms with E-state index in [1.165, 1.54) is 25.3 Å². The number of sulfonamides is 1. The van der Waals surface area contributed by atoms with Gasteiger partial charge in [-0.3, -0.25) is 9.52 Å². The van der Waals surface area contributed by atoms with E-state index < -0.39 is 33.4 Å². The fourth-order valence-electron chi connectivity index (χ4n) is 2.82. The first-order chi connectivity index (χ1) is 15.5.